The standard InChI is InChI=1S/C14H22N4O2/c1-9(2)5-12-14(20)17(8-13(19)16-12)11-6-15-18(7-11)10(3)4/h6-7,9-10,12H,5,8H2,1-4H3,(H,16,19). The summed E-state index contributed by atoms with van der Waals surface area (Å²) in [5.41, 5.74) is 0.687. The Labute approximate surface area is 119 Å². The van der Waals surface area contributed by atoms with E-state index in [1.807, 2.05) is 33.9 Å². The van der Waals surface area contributed by atoms with E-state index in [4.69, 9.17) is 0 Å². The van der Waals surface area contributed by atoms with Crippen molar-refractivity contribution in [3.05, 3.63) is 12.4 Å². The summed E-state index contributed by atoms with van der Waals surface area (Å²) in [7, 11) is 0. The molecule has 2 amide bonds. The molecule has 0 spiro atoms. The van der Waals surface area contributed by atoms with Crippen LogP contribution in [0.5, 0.6) is 0 Å². The number of nitrogens with one attached hydrogen (secondary N) is 1. The molecule has 110 valence electrons. The van der Waals surface area contributed by atoms with Crippen molar-refractivity contribution in [3.8, 4) is 0 Å². The highest BCUT2D eigenvalue weighted by atomic mass is 16.2. The SMILES string of the molecule is CC(C)CC1NC(=O)CN(c2cnn(C(C)C)c2)C1=O. The van der Waals surface area contributed by atoms with Crippen molar-refractivity contribution in [3.63, 3.8) is 0 Å². The zero-order valence-electron chi connectivity index (χ0n) is 12.5. The second kappa shape index (κ2) is 5.64. The third kappa shape index (κ3) is 3.00. The Hall–Kier alpha value is -1.85. The molecular formula is C14H22N4O2. The van der Waals surface area contributed by atoms with Crippen LogP contribution in [0.15, 0.2) is 12.4 Å². The van der Waals surface area contributed by atoms with Gasteiger partial charge >= 0.3 is 0 Å². The fourth-order valence-corrected chi connectivity index (χ4v) is 2.31. The number of hydrogen-bond donors (Lipinski definition) is 1. The van der Waals surface area contributed by atoms with Crippen LogP contribution < -0.4 is 10.2 Å². The molecule has 0 bridgehead atoms. The Morgan fingerprint density at radius 3 is 2.60 bits per heavy atom. The van der Waals surface area contributed by atoms with Gasteiger partial charge in [-0.1, -0.05) is 13.8 Å². The number of carbonyl (C=O) groups is 2. The van der Waals surface area contributed by atoms with Crippen molar-refractivity contribution in [2.45, 2.75) is 46.2 Å². The molecule has 1 aromatic rings. The average Bonchev–Trinajstić information content (AvgIpc) is 2.82. The Morgan fingerprint density at radius 2 is 2.05 bits per heavy atom. The largest absolute Gasteiger partial charge is 0.343 e. The number of amides is 2. The first kappa shape index (κ1) is 14.6. The lowest BCUT2D eigenvalue weighted by Crippen LogP contribution is -2.58. The second-order valence-corrected chi connectivity index (χ2v) is 5.95. The Morgan fingerprint density at radius 1 is 1.35 bits per heavy atom. The van der Waals surface area contributed by atoms with Crippen LogP contribution in [0.2, 0.25) is 0 Å². The first-order valence-corrected chi connectivity index (χ1v) is 7.03. The highest BCUT2D eigenvalue weighted by molar-refractivity contribution is 6.06. The van der Waals surface area contributed by atoms with E-state index in [9.17, 15) is 9.59 Å². The lowest BCUT2D eigenvalue weighted by atomic mass is 10.0. The number of aromatic nitrogens is 2. The third-order valence-electron chi connectivity index (χ3n) is 3.34. The van der Waals surface area contributed by atoms with Gasteiger partial charge in [-0.3, -0.25) is 19.2 Å². The van der Waals surface area contributed by atoms with E-state index in [2.05, 4.69) is 10.4 Å². The smallest absolute Gasteiger partial charge is 0.250 e. The maximum absolute atomic E-state index is 12.5. The zero-order valence-corrected chi connectivity index (χ0v) is 12.5. The maximum Gasteiger partial charge on any atom is 0.250 e. The summed E-state index contributed by atoms with van der Waals surface area (Å²) in [5.74, 6) is 0.178. The molecule has 1 saturated heterocycles. The van der Waals surface area contributed by atoms with Gasteiger partial charge in [0.1, 0.15) is 12.6 Å². The van der Waals surface area contributed by atoms with Gasteiger partial charge in [-0.25, -0.2) is 0 Å². The van der Waals surface area contributed by atoms with Gasteiger partial charge in [-0.05, 0) is 26.2 Å². The van der Waals surface area contributed by atoms with Crippen molar-refractivity contribution in [2.75, 3.05) is 11.4 Å². The molecule has 6 nitrogen and oxygen atoms in total. The van der Waals surface area contributed by atoms with Crippen LogP contribution in [0.1, 0.15) is 40.2 Å². The number of anilines is 1. The predicted molar refractivity (Wildman–Crippen MR) is 76.4 cm³/mol. The van der Waals surface area contributed by atoms with Gasteiger partial charge in [0.2, 0.25) is 11.8 Å². The summed E-state index contributed by atoms with van der Waals surface area (Å²) in [4.78, 5) is 25.8. The lowest BCUT2D eigenvalue weighted by molar-refractivity contribution is -0.131. The van der Waals surface area contributed by atoms with Crippen LogP contribution in [0.3, 0.4) is 0 Å². The second-order valence-electron chi connectivity index (χ2n) is 5.95. The minimum atomic E-state index is -0.432. The average molecular weight is 278 g/mol. The summed E-state index contributed by atoms with van der Waals surface area (Å²) < 4.78 is 1.78. The molecule has 2 rings (SSSR count). The first-order chi connectivity index (χ1) is 9.38. The summed E-state index contributed by atoms with van der Waals surface area (Å²) in [6, 6.07) is -0.206. The molecule has 1 N–H and O–H groups in total. The predicted octanol–water partition coefficient (Wildman–Crippen LogP) is 1.34. The molecule has 1 fully saturated rings. The topological polar surface area (TPSA) is 67.2 Å². The number of nitrogens with zero attached hydrogens (tertiary/aromatic N) is 3. The van der Waals surface area contributed by atoms with E-state index >= 15 is 0 Å². The highest BCUT2D eigenvalue weighted by Gasteiger charge is 2.34. The minimum absolute atomic E-state index is 0.0541. The van der Waals surface area contributed by atoms with Crippen LogP contribution in [-0.2, 0) is 9.59 Å². The van der Waals surface area contributed by atoms with Crippen LogP contribution in [0, 0.1) is 5.92 Å². The molecule has 1 aliphatic heterocycles. The van der Waals surface area contributed by atoms with Crippen molar-refractivity contribution in [1.29, 1.82) is 0 Å². The van der Waals surface area contributed by atoms with Crippen LogP contribution in [0.4, 0.5) is 5.69 Å². The van der Waals surface area contributed by atoms with Crippen molar-refractivity contribution in [2.24, 2.45) is 5.92 Å². The third-order valence-corrected chi connectivity index (χ3v) is 3.34. The van der Waals surface area contributed by atoms with Crippen molar-refractivity contribution >= 4 is 17.5 Å². The fourth-order valence-electron chi connectivity index (χ4n) is 2.31. The number of carbonyl (C=O) groups excluding carboxylic acids is 2. The number of rotatable bonds is 4. The van der Waals surface area contributed by atoms with E-state index in [0.717, 1.165) is 0 Å². The van der Waals surface area contributed by atoms with E-state index in [0.29, 0.717) is 18.0 Å². The summed E-state index contributed by atoms with van der Waals surface area (Å²) >= 11 is 0. The van der Waals surface area contributed by atoms with Gasteiger partial charge < -0.3 is 5.32 Å². The Balaban J connectivity index is 2.20. The minimum Gasteiger partial charge on any atom is -0.343 e. The summed E-state index contributed by atoms with van der Waals surface area (Å²) in [6.07, 6.45) is 4.11. The molecule has 0 aromatic carbocycles. The molecule has 0 aliphatic carbocycles. The maximum atomic E-state index is 12.5. The quantitative estimate of drug-likeness (QED) is 0.903. The van der Waals surface area contributed by atoms with Gasteiger partial charge in [0.15, 0.2) is 0 Å². The van der Waals surface area contributed by atoms with E-state index in [1.165, 1.54) is 4.90 Å². The molecule has 20 heavy (non-hydrogen) atoms. The van der Waals surface area contributed by atoms with Gasteiger partial charge in [0, 0.05) is 12.2 Å². The van der Waals surface area contributed by atoms with Crippen LogP contribution >= 0.6 is 0 Å². The summed E-state index contributed by atoms with van der Waals surface area (Å²) in [6.45, 7) is 8.17. The monoisotopic (exact) mass is 278 g/mol. The van der Waals surface area contributed by atoms with Crippen molar-refractivity contribution < 1.29 is 9.59 Å². The Bertz CT molecular complexity index is 507. The molecule has 0 radical (unpaired) electrons. The fraction of sp³-hybridized carbons (Fsp3) is 0.643. The molecular weight excluding hydrogens is 256 g/mol. The summed E-state index contributed by atoms with van der Waals surface area (Å²) in [5, 5.41) is 7.00. The van der Waals surface area contributed by atoms with Crippen LogP contribution in [0.25, 0.3) is 0 Å². The first-order valence-electron chi connectivity index (χ1n) is 7.03. The van der Waals surface area contributed by atoms with Gasteiger partial charge in [0.05, 0.1) is 11.9 Å². The molecule has 0 saturated carbocycles. The zero-order chi connectivity index (χ0) is 14.9. The molecule has 6 heteroatoms. The van der Waals surface area contributed by atoms with E-state index < -0.39 is 6.04 Å². The molecule has 1 atom stereocenters. The van der Waals surface area contributed by atoms with Crippen LogP contribution in [-0.4, -0.2) is 34.2 Å². The molecule has 1 aliphatic rings. The normalized spacial score (nSPS) is 19.9. The highest BCUT2D eigenvalue weighted by Crippen LogP contribution is 2.20. The van der Waals surface area contributed by atoms with Gasteiger partial charge in [-0.15, -0.1) is 0 Å². The Kier molecular flexibility index (Phi) is 4.11. The number of piperazine rings is 1. The number of hydrogen-bond acceptors (Lipinski definition) is 3. The lowest BCUT2D eigenvalue weighted by Gasteiger charge is -2.32. The molecule has 1 unspecified atom stereocenters. The van der Waals surface area contributed by atoms with E-state index in [-0.39, 0.29) is 24.4 Å². The van der Waals surface area contributed by atoms with Gasteiger partial charge in [0.25, 0.3) is 0 Å². The van der Waals surface area contributed by atoms with Gasteiger partial charge in [-0.2, -0.15) is 5.10 Å². The van der Waals surface area contributed by atoms with E-state index in [1.54, 1.807) is 10.9 Å². The molecule has 2 heterocycles. The molecule has 1 aromatic heterocycles. The van der Waals surface area contributed by atoms with Crippen molar-refractivity contribution in [1.82, 2.24) is 15.1 Å².